The van der Waals surface area contributed by atoms with Crippen molar-refractivity contribution < 1.29 is 34.2 Å². The Morgan fingerprint density at radius 1 is 0.839 bits per heavy atom. The predicted molar refractivity (Wildman–Crippen MR) is 111 cm³/mol. The van der Waals surface area contributed by atoms with Crippen LogP contribution in [0.4, 0.5) is 0 Å². The molecule has 0 spiro atoms. The molecule has 0 aromatic rings. The molecule has 0 radical (unpaired) electrons. The van der Waals surface area contributed by atoms with E-state index in [9.17, 15) is 24.0 Å². The van der Waals surface area contributed by atoms with Gasteiger partial charge in [-0.3, -0.25) is 19.2 Å². The van der Waals surface area contributed by atoms with Gasteiger partial charge in [-0.25, -0.2) is 4.79 Å². The number of rotatable bonds is 14. The third-order valence-electron chi connectivity index (χ3n) is 5.19. The molecular weight excluding hydrogens is 410 g/mol. The minimum atomic E-state index is -1.55. The Bertz CT molecular complexity index is 658. The van der Waals surface area contributed by atoms with E-state index < -0.39 is 72.7 Å². The topological polar surface area (TPSA) is 214 Å². The lowest BCUT2D eigenvalue weighted by Crippen LogP contribution is -2.59. The average Bonchev–Trinajstić information content (AvgIpc) is 2.72. The molecule has 0 bridgehead atoms. The van der Waals surface area contributed by atoms with E-state index in [2.05, 4.69) is 16.0 Å². The zero-order valence-corrected chi connectivity index (χ0v) is 18.4. The number of aliphatic hydroxyl groups is 1. The van der Waals surface area contributed by atoms with Crippen LogP contribution in [0.15, 0.2) is 0 Å². The van der Waals surface area contributed by atoms with Crippen LogP contribution in [0, 0.1) is 11.8 Å². The molecular formula is C19H35N5O7. The third kappa shape index (κ3) is 9.30. The minimum Gasteiger partial charge on any atom is -0.480 e. The molecule has 12 nitrogen and oxygen atoms in total. The first kappa shape index (κ1) is 28.3. The lowest BCUT2D eigenvalue weighted by atomic mass is 9.96. The van der Waals surface area contributed by atoms with Crippen LogP contribution < -0.4 is 27.4 Å². The van der Waals surface area contributed by atoms with Crippen molar-refractivity contribution in [2.24, 2.45) is 23.3 Å². The number of aliphatic hydroxyl groups excluding tert-OH is 1. The maximum absolute atomic E-state index is 12.8. The van der Waals surface area contributed by atoms with Crippen LogP contribution in [0.3, 0.4) is 0 Å². The molecule has 0 heterocycles. The summed E-state index contributed by atoms with van der Waals surface area (Å²) in [4.78, 5) is 60.2. The molecule has 4 amide bonds. The van der Waals surface area contributed by atoms with Gasteiger partial charge in [-0.05, 0) is 11.8 Å². The summed E-state index contributed by atoms with van der Waals surface area (Å²) in [5.41, 5.74) is 11.1. The monoisotopic (exact) mass is 445 g/mol. The first-order valence-electron chi connectivity index (χ1n) is 10.2. The maximum Gasteiger partial charge on any atom is 0.328 e. The Balaban J connectivity index is 5.53. The van der Waals surface area contributed by atoms with Gasteiger partial charge in [0.15, 0.2) is 0 Å². The molecule has 0 aliphatic carbocycles. The molecule has 0 aliphatic heterocycles. The van der Waals surface area contributed by atoms with Gasteiger partial charge in [0.2, 0.25) is 23.6 Å². The van der Waals surface area contributed by atoms with Crippen LogP contribution in [-0.2, 0) is 24.0 Å². The van der Waals surface area contributed by atoms with Crippen LogP contribution in [0.1, 0.15) is 47.0 Å². The van der Waals surface area contributed by atoms with Crippen LogP contribution in [-0.4, -0.2) is 70.6 Å². The summed E-state index contributed by atoms with van der Waals surface area (Å²) in [7, 11) is 0. The number of aliphatic carboxylic acids is 1. The van der Waals surface area contributed by atoms with Gasteiger partial charge in [0.25, 0.3) is 0 Å². The Kier molecular flexibility index (Phi) is 12.4. The average molecular weight is 446 g/mol. The highest BCUT2D eigenvalue weighted by molar-refractivity contribution is 5.96. The molecule has 0 fully saturated rings. The predicted octanol–water partition coefficient (Wildman–Crippen LogP) is -2.19. The number of nitrogens with one attached hydrogen (secondary N) is 3. The molecule has 0 aromatic heterocycles. The van der Waals surface area contributed by atoms with E-state index in [-0.39, 0.29) is 5.92 Å². The van der Waals surface area contributed by atoms with E-state index in [1.54, 1.807) is 20.8 Å². The fraction of sp³-hybridized carbons (Fsp3) is 0.737. The molecule has 0 aliphatic rings. The minimum absolute atomic E-state index is 0.178. The van der Waals surface area contributed by atoms with Gasteiger partial charge in [0.05, 0.1) is 19.1 Å². The molecule has 0 saturated carbocycles. The van der Waals surface area contributed by atoms with E-state index in [4.69, 9.17) is 21.7 Å². The number of hydrogen-bond acceptors (Lipinski definition) is 7. The van der Waals surface area contributed by atoms with Crippen molar-refractivity contribution in [3.8, 4) is 0 Å². The largest absolute Gasteiger partial charge is 0.480 e. The summed E-state index contributed by atoms with van der Waals surface area (Å²) in [6.45, 7) is 6.18. The van der Waals surface area contributed by atoms with E-state index in [1.165, 1.54) is 0 Å². The Hall–Kier alpha value is -2.73. The van der Waals surface area contributed by atoms with Gasteiger partial charge in [0, 0.05) is 0 Å². The van der Waals surface area contributed by atoms with Crippen LogP contribution in [0.25, 0.3) is 0 Å². The number of carboxylic acid groups (broad SMARTS) is 1. The highest BCUT2D eigenvalue weighted by Crippen LogP contribution is 2.10. The van der Waals surface area contributed by atoms with Gasteiger partial charge in [0.1, 0.15) is 18.1 Å². The summed E-state index contributed by atoms with van der Waals surface area (Å²) in [6.07, 6.45) is 0.544. The Labute approximate surface area is 181 Å². The van der Waals surface area contributed by atoms with Gasteiger partial charge in [-0.1, -0.05) is 40.5 Å². The van der Waals surface area contributed by atoms with E-state index >= 15 is 0 Å². The van der Waals surface area contributed by atoms with Crippen molar-refractivity contribution in [3.63, 3.8) is 0 Å². The summed E-state index contributed by atoms with van der Waals surface area (Å²) in [6, 6.07) is -5.01. The number of primary amides is 1. The molecule has 9 N–H and O–H groups in total. The third-order valence-corrected chi connectivity index (χ3v) is 5.19. The number of carbonyl (C=O) groups excluding carboxylic acids is 4. The SMILES string of the molecule is CCC(C)C(N)C(=O)NC(CC(N)=O)C(=O)NC(C(=O)NC(CO)C(=O)O)C(C)CC. The van der Waals surface area contributed by atoms with Crippen LogP contribution in [0.2, 0.25) is 0 Å². The van der Waals surface area contributed by atoms with Gasteiger partial charge >= 0.3 is 5.97 Å². The molecule has 0 aromatic carbocycles. The summed E-state index contributed by atoms with van der Waals surface area (Å²) in [5.74, 6) is -5.22. The normalized spacial score (nSPS) is 16.7. The number of nitrogens with two attached hydrogens (primary N) is 2. The van der Waals surface area contributed by atoms with Crippen molar-refractivity contribution in [3.05, 3.63) is 0 Å². The van der Waals surface area contributed by atoms with Gasteiger partial charge in [-0.2, -0.15) is 0 Å². The molecule has 0 rings (SSSR count). The highest BCUT2D eigenvalue weighted by atomic mass is 16.4. The molecule has 178 valence electrons. The Morgan fingerprint density at radius 3 is 1.77 bits per heavy atom. The lowest BCUT2D eigenvalue weighted by molar-refractivity contribution is -0.143. The van der Waals surface area contributed by atoms with Gasteiger partial charge in [-0.15, -0.1) is 0 Å². The smallest absolute Gasteiger partial charge is 0.328 e. The molecule has 12 heteroatoms. The summed E-state index contributed by atoms with van der Waals surface area (Å²) in [5, 5.41) is 25.1. The van der Waals surface area contributed by atoms with E-state index in [0.717, 1.165) is 0 Å². The second-order valence-electron chi connectivity index (χ2n) is 7.60. The van der Waals surface area contributed by atoms with Crippen LogP contribution in [0.5, 0.6) is 0 Å². The number of carbonyl (C=O) groups is 5. The van der Waals surface area contributed by atoms with Crippen LogP contribution >= 0.6 is 0 Å². The van der Waals surface area contributed by atoms with Gasteiger partial charge < -0.3 is 37.6 Å². The molecule has 0 saturated heterocycles. The summed E-state index contributed by atoms with van der Waals surface area (Å²) < 4.78 is 0. The zero-order valence-electron chi connectivity index (χ0n) is 18.4. The second-order valence-corrected chi connectivity index (χ2v) is 7.60. The lowest BCUT2D eigenvalue weighted by Gasteiger charge is -2.28. The van der Waals surface area contributed by atoms with Crippen molar-refractivity contribution in [2.45, 2.75) is 71.1 Å². The first-order chi connectivity index (χ1) is 14.4. The molecule has 6 atom stereocenters. The molecule has 6 unspecified atom stereocenters. The summed E-state index contributed by atoms with van der Waals surface area (Å²) >= 11 is 0. The zero-order chi connectivity index (χ0) is 24.3. The fourth-order valence-electron chi connectivity index (χ4n) is 2.59. The van der Waals surface area contributed by atoms with E-state index in [0.29, 0.717) is 12.8 Å². The van der Waals surface area contributed by atoms with Crippen molar-refractivity contribution in [1.29, 1.82) is 0 Å². The standard InChI is InChI=1S/C19H35N5O7/c1-5-9(3)14(21)17(28)22-11(7-13(20)26)16(27)24-15(10(4)6-2)18(29)23-12(8-25)19(30)31/h9-12,14-15,25H,5-8,21H2,1-4H3,(H2,20,26)(H,22,28)(H,23,29)(H,24,27)(H,30,31). The Morgan fingerprint density at radius 2 is 1.35 bits per heavy atom. The number of amides is 4. The first-order valence-corrected chi connectivity index (χ1v) is 10.2. The number of carboxylic acids is 1. The maximum atomic E-state index is 12.8. The van der Waals surface area contributed by atoms with Crippen molar-refractivity contribution in [2.75, 3.05) is 6.61 Å². The van der Waals surface area contributed by atoms with Crippen molar-refractivity contribution in [1.82, 2.24) is 16.0 Å². The number of hydrogen-bond donors (Lipinski definition) is 7. The second kappa shape index (κ2) is 13.5. The van der Waals surface area contributed by atoms with E-state index in [1.807, 2.05) is 6.92 Å². The highest BCUT2D eigenvalue weighted by Gasteiger charge is 2.33. The van der Waals surface area contributed by atoms with Crippen molar-refractivity contribution >= 4 is 29.6 Å². The quantitative estimate of drug-likeness (QED) is 0.155. The fourth-order valence-corrected chi connectivity index (χ4v) is 2.59. The molecule has 31 heavy (non-hydrogen) atoms.